The van der Waals surface area contributed by atoms with E-state index in [4.69, 9.17) is 4.74 Å². The number of benzene rings is 1. The Labute approximate surface area is 183 Å². The Hall–Kier alpha value is -4.08. The standard InChI is InChI=1S/C22H22N8O2/c1-11-15(8-28(3)26-11)20-18-19(25-22-23-10-24-30(20)22)14-7-13(31)5-6-17(14)32-21(18)16-9-29(4)27-12(16)2/h5-10,20-21,31H,1-4H3,(H,23,24,25)/t20-,21-/m0/s1. The second kappa shape index (κ2) is 6.46. The zero-order valence-electron chi connectivity index (χ0n) is 18.1. The Bertz CT molecular complexity index is 1410. The van der Waals surface area contributed by atoms with Crippen molar-refractivity contribution in [2.75, 3.05) is 5.32 Å². The van der Waals surface area contributed by atoms with Gasteiger partial charge in [-0.3, -0.25) is 9.36 Å². The van der Waals surface area contributed by atoms with Crippen LogP contribution in [0.4, 0.5) is 5.95 Å². The molecule has 0 saturated heterocycles. The van der Waals surface area contributed by atoms with Gasteiger partial charge < -0.3 is 15.2 Å². The van der Waals surface area contributed by atoms with Crippen LogP contribution >= 0.6 is 0 Å². The Balaban J connectivity index is 1.67. The van der Waals surface area contributed by atoms with Gasteiger partial charge in [0, 0.05) is 48.8 Å². The molecule has 0 fully saturated rings. The van der Waals surface area contributed by atoms with E-state index in [1.54, 1.807) is 27.6 Å². The van der Waals surface area contributed by atoms with Crippen molar-refractivity contribution >= 4 is 11.6 Å². The van der Waals surface area contributed by atoms with Crippen LogP contribution in [-0.2, 0) is 14.1 Å². The number of nitrogens with one attached hydrogen (secondary N) is 1. The highest BCUT2D eigenvalue weighted by molar-refractivity contribution is 5.85. The highest BCUT2D eigenvalue weighted by atomic mass is 16.5. The average Bonchev–Trinajstić information content (AvgIpc) is 3.44. The lowest BCUT2D eigenvalue weighted by Gasteiger charge is -2.38. The van der Waals surface area contributed by atoms with Crippen molar-refractivity contribution in [3.63, 3.8) is 0 Å². The van der Waals surface area contributed by atoms with E-state index in [9.17, 15) is 5.11 Å². The predicted octanol–water partition coefficient (Wildman–Crippen LogP) is 2.63. The van der Waals surface area contributed by atoms with Crippen LogP contribution in [0.25, 0.3) is 5.70 Å². The number of anilines is 1. The summed E-state index contributed by atoms with van der Waals surface area (Å²) in [6.45, 7) is 3.97. The molecule has 0 spiro atoms. The van der Waals surface area contributed by atoms with Crippen molar-refractivity contribution in [1.82, 2.24) is 34.3 Å². The molecule has 2 atom stereocenters. The van der Waals surface area contributed by atoms with E-state index in [0.29, 0.717) is 11.7 Å². The summed E-state index contributed by atoms with van der Waals surface area (Å²) in [4.78, 5) is 4.43. The Morgan fingerprint density at radius 3 is 2.44 bits per heavy atom. The Morgan fingerprint density at radius 2 is 1.75 bits per heavy atom. The normalized spacial score (nSPS) is 19.1. The molecule has 0 radical (unpaired) electrons. The third-order valence-corrected chi connectivity index (χ3v) is 6.08. The van der Waals surface area contributed by atoms with Crippen molar-refractivity contribution < 1.29 is 9.84 Å². The summed E-state index contributed by atoms with van der Waals surface area (Å²) in [6, 6.07) is 4.84. The molecular formula is C22H22N8O2. The van der Waals surface area contributed by atoms with E-state index in [1.165, 1.54) is 6.33 Å². The number of rotatable bonds is 2. The maximum atomic E-state index is 10.2. The molecule has 0 aliphatic carbocycles. The molecule has 2 aliphatic heterocycles. The van der Waals surface area contributed by atoms with Gasteiger partial charge in [0.15, 0.2) is 6.10 Å². The lowest BCUT2D eigenvalue weighted by atomic mass is 9.85. The number of phenols is 1. The van der Waals surface area contributed by atoms with Crippen molar-refractivity contribution in [2.45, 2.75) is 26.0 Å². The molecule has 10 nitrogen and oxygen atoms in total. The number of aryl methyl sites for hydroxylation is 4. The third-order valence-electron chi connectivity index (χ3n) is 6.08. The van der Waals surface area contributed by atoms with Crippen LogP contribution in [0.2, 0.25) is 0 Å². The van der Waals surface area contributed by atoms with Gasteiger partial charge in [-0.25, -0.2) is 4.68 Å². The van der Waals surface area contributed by atoms with Crippen LogP contribution in [-0.4, -0.2) is 39.4 Å². The fourth-order valence-electron chi connectivity index (χ4n) is 4.78. The van der Waals surface area contributed by atoms with Gasteiger partial charge >= 0.3 is 0 Å². The van der Waals surface area contributed by atoms with Gasteiger partial charge in [-0.1, -0.05) is 0 Å². The zero-order valence-corrected chi connectivity index (χ0v) is 18.1. The first-order valence-corrected chi connectivity index (χ1v) is 10.3. The molecule has 0 bridgehead atoms. The molecule has 4 aromatic rings. The Kier molecular flexibility index (Phi) is 3.77. The van der Waals surface area contributed by atoms with Crippen LogP contribution in [0.15, 0.2) is 42.5 Å². The smallest absolute Gasteiger partial charge is 0.226 e. The lowest BCUT2D eigenvalue weighted by molar-refractivity contribution is 0.222. The number of phenolic OH excluding ortho intramolecular Hbond substituents is 1. The van der Waals surface area contributed by atoms with E-state index in [1.807, 2.05) is 45.0 Å². The predicted molar refractivity (Wildman–Crippen MR) is 116 cm³/mol. The van der Waals surface area contributed by atoms with Crippen LogP contribution in [0.3, 0.4) is 0 Å². The number of nitrogens with zero attached hydrogens (tertiary/aromatic N) is 7. The topological polar surface area (TPSA) is 108 Å². The molecule has 2 N–H and O–H groups in total. The molecule has 0 saturated carbocycles. The third kappa shape index (κ3) is 2.58. The fourth-order valence-corrected chi connectivity index (χ4v) is 4.78. The SMILES string of the molecule is Cc1nn(C)cc1[C@@H]1Oc2ccc(O)cc2C2=C1[C@H](c1cn(C)nc1C)n1ncnc1N2. The van der Waals surface area contributed by atoms with Crippen molar-refractivity contribution in [3.8, 4) is 11.5 Å². The second-order valence-corrected chi connectivity index (χ2v) is 8.25. The molecule has 6 rings (SSSR count). The summed E-state index contributed by atoms with van der Waals surface area (Å²) < 4.78 is 12.0. The summed E-state index contributed by atoms with van der Waals surface area (Å²) in [5.74, 6) is 1.46. The second-order valence-electron chi connectivity index (χ2n) is 8.25. The summed E-state index contributed by atoms with van der Waals surface area (Å²) in [5, 5.41) is 27.3. The van der Waals surface area contributed by atoms with E-state index >= 15 is 0 Å². The van der Waals surface area contributed by atoms with Crippen molar-refractivity contribution in [1.29, 1.82) is 0 Å². The number of hydrogen-bond donors (Lipinski definition) is 2. The molecule has 3 aromatic heterocycles. The van der Waals surface area contributed by atoms with Gasteiger partial charge in [-0.15, -0.1) is 0 Å². The molecular weight excluding hydrogens is 408 g/mol. The van der Waals surface area contributed by atoms with E-state index < -0.39 is 6.10 Å². The monoisotopic (exact) mass is 430 g/mol. The van der Waals surface area contributed by atoms with Gasteiger partial charge in [-0.2, -0.15) is 20.3 Å². The van der Waals surface area contributed by atoms with E-state index in [0.717, 1.165) is 39.3 Å². The van der Waals surface area contributed by atoms with Crippen LogP contribution in [0, 0.1) is 13.8 Å². The van der Waals surface area contributed by atoms with Gasteiger partial charge in [0.2, 0.25) is 5.95 Å². The molecule has 162 valence electrons. The van der Waals surface area contributed by atoms with E-state index in [-0.39, 0.29) is 11.8 Å². The molecule has 0 unspecified atom stereocenters. The van der Waals surface area contributed by atoms with Gasteiger partial charge in [0.05, 0.1) is 17.1 Å². The minimum Gasteiger partial charge on any atom is -0.508 e. The lowest BCUT2D eigenvalue weighted by Crippen LogP contribution is -2.32. The number of hydrogen-bond acceptors (Lipinski definition) is 7. The highest BCUT2D eigenvalue weighted by Crippen LogP contribution is 2.51. The minimum atomic E-state index is -0.412. The number of aromatic hydroxyl groups is 1. The van der Waals surface area contributed by atoms with Crippen molar-refractivity contribution in [2.24, 2.45) is 14.1 Å². The van der Waals surface area contributed by atoms with Crippen LogP contribution in [0.1, 0.15) is 40.2 Å². The largest absolute Gasteiger partial charge is 0.508 e. The zero-order chi connectivity index (χ0) is 22.1. The Morgan fingerprint density at radius 1 is 1.03 bits per heavy atom. The van der Waals surface area contributed by atoms with Crippen LogP contribution < -0.4 is 10.1 Å². The van der Waals surface area contributed by atoms with Crippen molar-refractivity contribution in [3.05, 3.63) is 70.6 Å². The summed E-state index contributed by atoms with van der Waals surface area (Å²) in [5.41, 5.74) is 6.35. The first-order valence-electron chi connectivity index (χ1n) is 10.3. The van der Waals surface area contributed by atoms with Crippen LogP contribution in [0.5, 0.6) is 11.5 Å². The number of fused-ring (bicyclic) bond motifs is 3. The fraction of sp³-hybridized carbons (Fsp3) is 0.273. The highest BCUT2D eigenvalue weighted by Gasteiger charge is 2.43. The number of ether oxygens (including phenoxy) is 1. The average molecular weight is 430 g/mol. The summed E-state index contributed by atoms with van der Waals surface area (Å²) in [6.07, 6.45) is 5.12. The van der Waals surface area contributed by atoms with Gasteiger partial charge in [0.1, 0.15) is 23.9 Å². The quantitative estimate of drug-likeness (QED) is 0.503. The maximum absolute atomic E-state index is 10.2. The first-order chi connectivity index (χ1) is 15.4. The summed E-state index contributed by atoms with van der Waals surface area (Å²) >= 11 is 0. The minimum absolute atomic E-state index is 0.165. The molecule has 32 heavy (non-hydrogen) atoms. The molecule has 1 aromatic carbocycles. The van der Waals surface area contributed by atoms with E-state index in [2.05, 4.69) is 25.6 Å². The molecule has 0 amide bonds. The molecule has 10 heteroatoms. The maximum Gasteiger partial charge on any atom is 0.226 e. The summed E-state index contributed by atoms with van der Waals surface area (Å²) in [7, 11) is 3.81. The van der Waals surface area contributed by atoms with Gasteiger partial charge in [0.25, 0.3) is 0 Å². The first kappa shape index (κ1) is 18.7. The van der Waals surface area contributed by atoms with Gasteiger partial charge in [-0.05, 0) is 32.0 Å². The number of aromatic nitrogens is 7. The molecule has 5 heterocycles. The molecule has 2 aliphatic rings.